The van der Waals surface area contributed by atoms with E-state index in [0.29, 0.717) is 23.4 Å². The van der Waals surface area contributed by atoms with Crippen LogP contribution in [0.5, 0.6) is 0 Å². The van der Waals surface area contributed by atoms with Crippen LogP contribution in [0.1, 0.15) is 36.9 Å². The zero-order valence-corrected chi connectivity index (χ0v) is 19.4. The topological polar surface area (TPSA) is 71.0 Å². The highest BCUT2D eigenvalue weighted by atomic mass is 32.2. The van der Waals surface area contributed by atoms with E-state index in [4.69, 9.17) is 9.73 Å². The Balaban J connectivity index is 1.69. The molecule has 0 spiro atoms. The molecule has 4 rings (SSSR count). The number of methoxy groups -OCH3 is 1. The first-order chi connectivity index (χ1) is 15.9. The van der Waals surface area contributed by atoms with Crippen molar-refractivity contribution in [1.82, 2.24) is 4.90 Å². The zero-order chi connectivity index (χ0) is 23.5. The smallest absolute Gasteiger partial charge is 0.338 e. The van der Waals surface area contributed by atoms with Crippen molar-refractivity contribution < 1.29 is 18.7 Å². The van der Waals surface area contributed by atoms with Gasteiger partial charge >= 0.3 is 5.97 Å². The SMILES string of the molecule is CCC1=C(C(=O)OC)[C@@H](c2ccccc2C)N2C(CC(=O)Nc3ccc(F)cc3)=CSC2=N1. The van der Waals surface area contributed by atoms with Crippen LogP contribution in [0.15, 0.2) is 75.9 Å². The number of nitrogens with one attached hydrogen (secondary N) is 1. The van der Waals surface area contributed by atoms with Crippen molar-refractivity contribution in [3.05, 3.63) is 87.9 Å². The van der Waals surface area contributed by atoms with Gasteiger partial charge in [0.15, 0.2) is 5.17 Å². The number of carbonyl (C=O) groups excluding carboxylic acids is 2. The summed E-state index contributed by atoms with van der Waals surface area (Å²) in [7, 11) is 1.36. The first-order valence-corrected chi connectivity index (χ1v) is 11.5. The molecule has 1 amide bonds. The number of hydrogen-bond acceptors (Lipinski definition) is 6. The van der Waals surface area contributed by atoms with Gasteiger partial charge in [-0.2, -0.15) is 0 Å². The Bertz CT molecular complexity index is 1190. The van der Waals surface area contributed by atoms with E-state index in [-0.39, 0.29) is 18.1 Å². The maximum atomic E-state index is 13.2. The Morgan fingerprint density at radius 1 is 1.18 bits per heavy atom. The highest BCUT2D eigenvalue weighted by Crippen LogP contribution is 2.46. The molecule has 1 N–H and O–H groups in total. The number of esters is 1. The number of carbonyl (C=O) groups is 2. The Kier molecular flexibility index (Phi) is 6.65. The molecule has 0 radical (unpaired) electrons. The molecule has 2 aromatic carbocycles. The number of rotatable bonds is 6. The number of amidine groups is 1. The van der Waals surface area contributed by atoms with E-state index in [1.807, 2.05) is 48.4 Å². The minimum absolute atomic E-state index is 0.0711. The van der Waals surface area contributed by atoms with E-state index in [0.717, 1.165) is 22.0 Å². The molecule has 2 aliphatic heterocycles. The molecule has 6 nitrogen and oxygen atoms in total. The van der Waals surface area contributed by atoms with E-state index in [1.54, 1.807) is 0 Å². The molecule has 8 heteroatoms. The number of nitrogens with zero attached hydrogens (tertiary/aromatic N) is 2. The molecule has 0 saturated heterocycles. The summed E-state index contributed by atoms with van der Waals surface area (Å²) in [5.74, 6) is -1.05. The van der Waals surface area contributed by atoms with Gasteiger partial charge in [0.25, 0.3) is 0 Å². The van der Waals surface area contributed by atoms with Crippen molar-refractivity contribution in [2.45, 2.75) is 32.7 Å². The molecule has 0 unspecified atom stereocenters. The first-order valence-electron chi connectivity index (χ1n) is 10.6. The number of ether oxygens (including phenoxy) is 1. The minimum atomic E-state index is -0.457. The summed E-state index contributed by atoms with van der Waals surface area (Å²) in [6, 6.07) is 13.0. The van der Waals surface area contributed by atoms with Crippen LogP contribution < -0.4 is 5.32 Å². The van der Waals surface area contributed by atoms with Crippen molar-refractivity contribution in [3.63, 3.8) is 0 Å². The average Bonchev–Trinajstić information content (AvgIpc) is 3.21. The van der Waals surface area contributed by atoms with Crippen LogP contribution in [0, 0.1) is 12.7 Å². The lowest BCUT2D eigenvalue weighted by atomic mass is 9.90. The van der Waals surface area contributed by atoms with Gasteiger partial charge in [0.2, 0.25) is 5.91 Å². The van der Waals surface area contributed by atoms with Gasteiger partial charge in [-0.15, -0.1) is 0 Å². The third kappa shape index (κ3) is 4.57. The van der Waals surface area contributed by atoms with Crippen LogP contribution in [0.2, 0.25) is 0 Å². The monoisotopic (exact) mass is 465 g/mol. The summed E-state index contributed by atoms with van der Waals surface area (Å²) in [6.45, 7) is 3.95. The molecule has 0 aliphatic carbocycles. The molecule has 2 heterocycles. The number of fused-ring (bicyclic) bond motifs is 1. The molecule has 0 fully saturated rings. The molecule has 0 aromatic heterocycles. The number of anilines is 1. The minimum Gasteiger partial charge on any atom is -0.466 e. The molecule has 0 bridgehead atoms. The van der Waals surface area contributed by atoms with Crippen molar-refractivity contribution in [2.75, 3.05) is 12.4 Å². The predicted molar refractivity (Wildman–Crippen MR) is 128 cm³/mol. The quantitative estimate of drug-likeness (QED) is 0.586. The van der Waals surface area contributed by atoms with Gasteiger partial charge < -0.3 is 15.0 Å². The van der Waals surface area contributed by atoms with Crippen molar-refractivity contribution in [2.24, 2.45) is 4.99 Å². The highest BCUT2D eigenvalue weighted by molar-refractivity contribution is 8.16. The van der Waals surface area contributed by atoms with E-state index >= 15 is 0 Å². The molecular formula is C25H24FN3O3S. The number of allylic oxidation sites excluding steroid dienone is 1. The van der Waals surface area contributed by atoms with Crippen LogP contribution >= 0.6 is 11.8 Å². The maximum absolute atomic E-state index is 13.2. The fourth-order valence-corrected chi connectivity index (χ4v) is 4.94. The molecule has 33 heavy (non-hydrogen) atoms. The summed E-state index contributed by atoms with van der Waals surface area (Å²) in [5, 5.41) is 5.41. The molecule has 2 aliphatic rings. The van der Waals surface area contributed by atoms with Gasteiger partial charge in [-0.3, -0.25) is 4.79 Å². The predicted octanol–water partition coefficient (Wildman–Crippen LogP) is 5.30. The Morgan fingerprint density at radius 2 is 1.91 bits per heavy atom. The standard InChI is InChI=1S/C25H24FN3O3S/c1-4-20-22(24(31)32-3)23(19-8-6-5-7-15(19)2)29-18(14-33-25(29)28-20)13-21(30)27-17-11-9-16(26)10-12-17/h5-12,14,23H,4,13H2,1-3H3,(H,27,30)/t23-/m1/s1. The van der Waals surface area contributed by atoms with E-state index in [9.17, 15) is 14.0 Å². The third-order valence-corrected chi connectivity index (χ3v) is 6.47. The summed E-state index contributed by atoms with van der Waals surface area (Å²) in [4.78, 5) is 32.4. The fourth-order valence-electron chi connectivity index (χ4n) is 4.00. The fraction of sp³-hybridized carbons (Fsp3) is 0.240. The van der Waals surface area contributed by atoms with Gasteiger partial charge in [-0.1, -0.05) is 43.0 Å². The van der Waals surface area contributed by atoms with Crippen LogP contribution in [-0.4, -0.2) is 29.1 Å². The Labute approximate surface area is 196 Å². The Hall–Kier alpha value is -3.39. The number of thioether (sulfide) groups is 1. The van der Waals surface area contributed by atoms with Gasteiger partial charge in [0.1, 0.15) is 5.82 Å². The summed E-state index contributed by atoms with van der Waals surface area (Å²) in [5.41, 5.74) is 4.36. The molecular weight excluding hydrogens is 441 g/mol. The van der Waals surface area contributed by atoms with Gasteiger partial charge in [-0.05, 0) is 54.1 Å². The number of hydrogen-bond donors (Lipinski definition) is 1. The molecule has 0 saturated carbocycles. The zero-order valence-electron chi connectivity index (χ0n) is 18.6. The van der Waals surface area contributed by atoms with E-state index < -0.39 is 12.0 Å². The van der Waals surface area contributed by atoms with E-state index in [2.05, 4.69) is 5.32 Å². The lowest BCUT2D eigenvalue weighted by Gasteiger charge is -2.37. The van der Waals surface area contributed by atoms with Crippen LogP contribution in [0.3, 0.4) is 0 Å². The van der Waals surface area contributed by atoms with Crippen molar-refractivity contribution in [1.29, 1.82) is 0 Å². The average molecular weight is 466 g/mol. The summed E-state index contributed by atoms with van der Waals surface area (Å²) in [6.07, 6.45) is 0.646. The number of aryl methyl sites for hydroxylation is 1. The van der Waals surface area contributed by atoms with Crippen LogP contribution in [0.25, 0.3) is 0 Å². The number of benzene rings is 2. The number of aliphatic imine (C=N–C) groups is 1. The lowest BCUT2D eigenvalue weighted by Crippen LogP contribution is -2.37. The van der Waals surface area contributed by atoms with Gasteiger partial charge in [0, 0.05) is 11.4 Å². The molecule has 170 valence electrons. The van der Waals surface area contributed by atoms with Crippen LogP contribution in [0.4, 0.5) is 10.1 Å². The second kappa shape index (κ2) is 9.62. The largest absolute Gasteiger partial charge is 0.466 e. The van der Waals surface area contributed by atoms with Gasteiger partial charge in [0.05, 0.1) is 30.8 Å². The second-order valence-corrected chi connectivity index (χ2v) is 8.52. The van der Waals surface area contributed by atoms with Gasteiger partial charge in [-0.25, -0.2) is 14.2 Å². The third-order valence-electron chi connectivity index (χ3n) is 5.58. The van der Waals surface area contributed by atoms with Crippen molar-refractivity contribution >= 4 is 34.5 Å². The molecule has 2 aromatic rings. The summed E-state index contributed by atoms with van der Waals surface area (Å²) < 4.78 is 18.3. The van der Waals surface area contributed by atoms with Crippen LogP contribution in [-0.2, 0) is 14.3 Å². The summed E-state index contributed by atoms with van der Waals surface area (Å²) >= 11 is 1.43. The van der Waals surface area contributed by atoms with Crippen molar-refractivity contribution in [3.8, 4) is 0 Å². The Morgan fingerprint density at radius 3 is 2.58 bits per heavy atom. The number of halogens is 1. The molecule has 1 atom stereocenters. The van der Waals surface area contributed by atoms with E-state index in [1.165, 1.54) is 43.1 Å². The first kappa shape index (κ1) is 22.8. The lowest BCUT2D eigenvalue weighted by molar-refractivity contribution is -0.136. The number of amides is 1. The normalized spacial score (nSPS) is 17.3. The highest BCUT2D eigenvalue weighted by Gasteiger charge is 2.41. The maximum Gasteiger partial charge on any atom is 0.338 e. The second-order valence-electron chi connectivity index (χ2n) is 7.69.